The summed E-state index contributed by atoms with van der Waals surface area (Å²) < 4.78 is 32.8. The molecule has 0 radical (unpaired) electrons. The van der Waals surface area contributed by atoms with Crippen LogP contribution in [0, 0.1) is 0 Å². The average molecular weight is 369 g/mol. The molecule has 1 N–H and O–H groups in total. The summed E-state index contributed by atoms with van der Waals surface area (Å²) in [4.78, 5) is 2.15. The van der Waals surface area contributed by atoms with E-state index >= 15 is 0 Å². The molecule has 0 aliphatic carbocycles. The summed E-state index contributed by atoms with van der Waals surface area (Å²) in [5.74, 6) is 0.736. The van der Waals surface area contributed by atoms with E-state index in [0.717, 1.165) is 11.3 Å². The molecule has 1 atom stereocenters. The molecule has 2 aromatic rings. The Labute approximate surface area is 148 Å². The first-order chi connectivity index (χ1) is 11.3. The Hall–Kier alpha value is -1.60. The second kappa shape index (κ2) is 7.98. The largest absolute Gasteiger partial charge is 0.497 e. The van der Waals surface area contributed by atoms with Gasteiger partial charge in [0.2, 0.25) is 10.0 Å². The zero-order valence-electron chi connectivity index (χ0n) is 13.9. The highest BCUT2D eigenvalue weighted by molar-refractivity contribution is 7.89. The molecule has 2 aromatic carbocycles. The van der Waals surface area contributed by atoms with Gasteiger partial charge < -0.3 is 9.64 Å². The van der Waals surface area contributed by atoms with Crippen LogP contribution < -0.4 is 9.46 Å². The van der Waals surface area contributed by atoms with Gasteiger partial charge in [-0.15, -0.1) is 0 Å². The Morgan fingerprint density at radius 1 is 1.17 bits per heavy atom. The Balaban J connectivity index is 2.17. The molecule has 0 heterocycles. The first-order valence-corrected chi connectivity index (χ1v) is 9.25. The number of methoxy groups -OCH3 is 1. The monoisotopic (exact) mass is 368 g/mol. The zero-order chi connectivity index (χ0) is 17.7. The van der Waals surface area contributed by atoms with Crippen molar-refractivity contribution in [3.63, 3.8) is 0 Å². The Morgan fingerprint density at radius 3 is 2.42 bits per heavy atom. The smallest absolute Gasteiger partial charge is 0.240 e. The molecule has 7 heteroatoms. The van der Waals surface area contributed by atoms with Crippen LogP contribution >= 0.6 is 11.6 Å². The lowest BCUT2D eigenvalue weighted by atomic mass is 10.1. The number of nitrogens with zero attached hydrogens (tertiary/aromatic N) is 1. The van der Waals surface area contributed by atoms with Crippen LogP contribution in [-0.4, -0.2) is 41.1 Å². The number of ether oxygens (including phenoxy) is 1. The van der Waals surface area contributed by atoms with E-state index in [4.69, 9.17) is 16.3 Å². The number of rotatable bonds is 7. The topological polar surface area (TPSA) is 58.6 Å². The number of hydrogen-bond donors (Lipinski definition) is 1. The van der Waals surface area contributed by atoms with Crippen molar-refractivity contribution < 1.29 is 13.2 Å². The maximum absolute atomic E-state index is 12.4. The first-order valence-electron chi connectivity index (χ1n) is 7.39. The van der Waals surface area contributed by atoms with E-state index in [9.17, 15) is 8.42 Å². The average Bonchev–Trinajstić information content (AvgIpc) is 2.55. The fourth-order valence-electron chi connectivity index (χ4n) is 2.33. The highest BCUT2D eigenvalue weighted by Crippen LogP contribution is 2.23. The van der Waals surface area contributed by atoms with Gasteiger partial charge in [0.1, 0.15) is 5.75 Å². The van der Waals surface area contributed by atoms with Gasteiger partial charge in [0.25, 0.3) is 0 Å². The molecular weight excluding hydrogens is 348 g/mol. The van der Waals surface area contributed by atoms with Gasteiger partial charge in [-0.3, -0.25) is 0 Å². The maximum Gasteiger partial charge on any atom is 0.240 e. The fourth-order valence-corrected chi connectivity index (χ4v) is 3.50. The minimum absolute atomic E-state index is 0.123. The van der Waals surface area contributed by atoms with Gasteiger partial charge in [0.15, 0.2) is 0 Å². The quantitative estimate of drug-likeness (QED) is 0.816. The van der Waals surface area contributed by atoms with E-state index in [1.165, 1.54) is 12.1 Å². The van der Waals surface area contributed by atoms with Gasteiger partial charge >= 0.3 is 0 Å². The molecule has 24 heavy (non-hydrogen) atoms. The zero-order valence-corrected chi connectivity index (χ0v) is 15.4. The molecule has 0 saturated carbocycles. The number of benzene rings is 2. The molecule has 130 valence electrons. The van der Waals surface area contributed by atoms with Crippen LogP contribution in [0.1, 0.15) is 11.6 Å². The third-order valence-electron chi connectivity index (χ3n) is 3.69. The predicted octanol–water partition coefficient (Wildman–Crippen LogP) is 2.93. The van der Waals surface area contributed by atoms with Crippen molar-refractivity contribution in [2.24, 2.45) is 0 Å². The number of nitrogens with one attached hydrogen (secondary N) is 1. The molecule has 0 saturated heterocycles. The second-order valence-electron chi connectivity index (χ2n) is 5.56. The molecule has 0 bridgehead atoms. The van der Waals surface area contributed by atoms with Crippen molar-refractivity contribution in [2.45, 2.75) is 10.9 Å². The van der Waals surface area contributed by atoms with E-state index in [-0.39, 0.29) is 17.5 Å². The van der Waals surface area contributed by atoms with E-state index in [2.05, 4.69) is 4.72 Å². The molecule has 0 aromatic heterocycles. The number of likely N-dealkylation sites (N-methyl/N-ethyl adjacent to an activating group) is 1. The second-order valence-corrected chi connectivity index (χ2v) is 7.77. The number of sulfonamides is 1. The minimum Gasteiger partial charge on any atom is -0.497 e. The van der Waals surface area contributed by atoms with E-state index in [1.54, 1.807) is 19.2 Å². The molecule has 0 unspecified atom stereocenters. The Morgan fingerprint density at radius 2 is 1.83 bits per heavy atom. The van der Waals surface area contributed by atoms with Crippen LogP contribution in [0.25, 0.3) is 0 Å². The predicted molar refractivity (Wildman–Crippen MR) is 96.1 cm³/mol. The van der Waals surface area contributed by atoms with Gasteiger partial charge in [-0.05, 0) is 56.1 Å². The van der Waals surface area contributed by atoms with Gasteiger partial charge in [-0.2, -0.15) is 0 Å². The van der Waals surface area contributed by atoms with Crippen molar-refractivity contribution in [1.82, 2.24) is 9.62 Å². The van der Waals surface area contributed by atoms with E-state index < -0.39 is 10.0 Å². The lowest BCUT2D eigenvalue weighted by molar-refractivity contribution is 0.298. The fraction of sp³-hybridized carbons (Fsp3) is 0.294. The van der Waals surface area contributed by atoms with Crippen molar-refractivity contribution >= 4 is 21.6 Å². The number of hydrogen-bond acceptors (Lipinski definition) is 4. The molecule has 0 aliphatic heterocycles. The summed E-state index contributed by atoms with van der Waals surface area (Å²) in [5, 5.41) is 0.497. The molecular formula is C17H21ClN2O3S. The lowest BCUT2D eigenvalue weighted by Gasteiger charge is -2.25. The molecule has 0 spiro atoms. The molecule has 0 fully saturated rings. The minimum atomic E-state index is -3.60. The summed E-state index contributed by atoms with van der Waals surface area (Å²) in [7, 11) is 1.82. The SMILES string of the molecule is COc1cccc([C@@H](CNS(=O)(=O)c2ccc(Cl)cc2)N(C)C)c1. The van der Waals surface area contributed by atoms with Crippen molar-refractivity contribution in [2.75, 3.05) is 27.7 Å². The van der Waals surface area contributed by atoms with Crippen LogP contribution in [0.3, 0.4) is 0 Å². The standard InChI is InChI=1S/C17H21ClN2O3S/c1-20(2)17(13-5-4-6-15(11-13)23-3)12-19-24(21,22)16-9-7-14(18)8-10-16/h4-11,17,19H,12H2,1-3H3/t17-/m1/s1. The normalized spacial score (nSPS) is 13.0. The van der Waals surface area contributed by atoms with Crippen molar-refractivity contribution in [3.05, 3.63) is 59.1 Å². The van der Waals surface area contributed by atoms with E-state index in [1.807, 2.05) is 43.3 Å². The van der Waals surface area contributed by atoms with Crippen LogP contribution in [0.15, 0.2) is 53.4 Å². The summed E-state index contributed by atoms with van der Waals surface area (Å²) in [6.07, 6.45) is 0. The first kappa shape index (κ1) is 18.7. The van der Waals surface area contributed by atoms with Crippen molar-refractivity contribution in [1.29, 1.82) is 0 Å². The lowest BCUT2D eigenvalue weighted by Crippen LogP contribution is -2.34. The van der Waals surface area contributed by atoms with Gasteiger partial charge in [-0.25, -0.2) is 13.1 Å². The van der Waals surface area contributed by atoms with Crippen LogP contribution in [-0.2, 0) is 10.0 Å². The van der Waals surface area contributed by atoms with Gasteiger partial charge in [-0.1, -0.05) is 23.7 Å². The van der Waals surface area contributed by atoms with Crippen LogP contribution in [0.4, 0.5) is 0 Å². The molecule has 0 amide bonds. The number of halogens is 1. The molecule has 5 nitrogen and oxygen atoms in total. The van der Waals surface area contributed by atoms with E-state index in [0.29, 0.717) is 5.02 Å². The summed E-state index contributed by atoms with van der Waals surface area (Å²) >= 11 is 5.81. The Bertz CT molecular complexity index is 777. The van der Waals surface area contributed by atoms with Crippen LogP contribution in [0.5, 0.6) is 5.75 Å². The summed E-state index contributed by atoms with van der Waals surface area (Å²) in [6.45, 7) is 0.241. The van der Waals surface area contributed by atoms with Crippen LogP contribution in [0.2, 0.25) is 5.02 Å². The highest BCUT2D eigenvalue weighted by Gasteiger charge is 2.20. The summed E-state index contributed by atoms with van der Waals surface area (Å²) in [5.41, 5.74) is 0.971. The highest BCUT2D eigenvalue weighted by atomic mass is 35.5. The van der Waals surface area contributed by atoms with Crippen molar-refractivity contribution in [3.8, 4) is 5.75 Å². The van der Waals surface area contributed by atoms with Gasteiger partial charge in [0.05, 0.1) is 12.0 Å². The Kier molecular flexibility index (Phi) is 6.23. The third kappa shape index (κ3) is 4.70. The molecule has 0 aliphatic rings. The molecule has 2 rings (SSSR count). The third-order valence-corrected chi connectivity index (χ3v) is 5.38. The maximum atomic E-state index is 12.4. The summed E-state index contributed by atoms with van der Waals surface area (Å²) in [6, 6.07) is 13.6. The van der Waals surface area contributed by atoms with Gasteiger partial charge in [0, 0.05) is 17.6 Å².